The van der Waals surface area contributed by atoms with Crippen LogP contribution in [-0.4, -0.2) is 46.8 Å². The Bertz CT molecular complexity index is 1120. The third kappa shape index (κ3) is 9.05. The molecule has 0 saturated carbocycles. The van der Waals surface area contributed by atoms with Gasteiger partial charge in [-0.05, 0) is 37.0 Å². The highest BCUT2D eigenvalue weighted by Crippen LogP contribution is 2.16. The van der Waals surface area contributed by atoms with Gasteiger partial charge < -0.3 is 19.9 Å². The van der Waals surface area contributed by atoms with Crippen LogP contribution in [0.1, 0.15) is 81.3 Å². The van der Waals surface area contributed by atoms with Crippen molar-refractivity contribution < 1.29 is 19.1 Å². The van der Waals surface area contributed by atoms with Crippen LogP contribution in [0.2, 0.25) is 0 Å². The lowest BCUT2D eigenvalue weighted by molar-refractivity contribution is -0.145. The number of nitrogens with one attached hydrogen (secondary N) is 2. The van der Waals surface area contributed by atoms with Gasteiger partial charge in [0.15, 0.2) is 0 Å². The van der Waals surface area contributed by atoms with Crippen LogP contribution in [0.4, 0.5) is 0 Å². The minimum Gasteiger partial charge on any atom is -0.461 e. The van der Waals surface area contributed by atoms with Gasteiger partial charge >= 0.3 is 5.97 Å². The SMILES string of the molecule is CCCCCN(CCCCC)C(=O)[C@H](CCC(=O)OCc1ccccc1)NC(=O)c1cc2ccccc2[nH]1. The van der Waals surface area contributed by atoms with Crippen molar-refractivity contribution in [3.63, 3.8) is 0 Å². The molecule has 1 aromatic heterocycles. The number of aromatic amines is 1. The zero-order valence-electron chi connectivity index (χ0n) is 22.7. The Balaban J connectivity index is 1.70. The fraction of sp³-hybridized carbons (Fsp3) is 0.452. The monoisotopic (exact) mass is 519 g/mol. The van der Waals surface area contributed by atoms with Crippen molar-refractivity contribution in [1.29, 1.82) is 0 Å². The molecule has 1 heterocycles. The summed E-state index contributed by atoms with van der Waals surface area (Å²) in [6.45, 7) is 5.74. The average molecular weight is 520 g/mol. The number of ether oxygens (including phenoxy) is 1. The van der Waals surface area contributed by atoms with E-state index in [1.807, 2.05) is 59.5 Å². The van der Waals surface area contributed by atoms with Gasteiger partial charge in [0.05, 0.1) is 0 Å². The number of benzene rings is 2. The molecular formula is C31H41N3O4. The second-order valence-corrected chi connectivity index (χ2v) is 9.72. The highest BCUT2D eigenvalue weighted by atomic mass is 16.5. The maximum absolute atomic E-state index is 13.7. The Morgan fingerprint density at radius 3 is 2.21 bits per heavy atom. The lowest BCUT2D eigenvalue weighted by Crippen LogP contribution is -2.49. The molecule has 0 fully saturated rings. The molecule has 0 radical (unpaired) electrons. The van der Waals surface area contributed by atoms with Crippen LogP contribution in [0, 0.1) is 0 Å². The number of carbonyl (C=O) groups is 3. The first-order chi connectivity index (χ1) is 18.5. The number of nitrogens with zero attached hydrogens (tertiary/aromatic N) is 1. The Labute approximate surface area is 225 Å². The first-order valence-corrected chi connectivity index (χ1v) is 13.9. The van der Waals surface area contributed by atoms with Gasteiger partial charge in [0.1, 0.15) is 18.3 Å². The first-order valence-electron chi connectivity index (χ1n) is 13.9. The second-order valence-electron chi connectivity index (χ2n) is 9.72. The van der Waals surface area contributed by atoms with Crippen LogP contribution >= 0.6 is 0 Å². The van der Waals surface area contributed by atoms with E-state index >= 15 is 0 Å². The van der Waals surface area contributed by atoms with Crippen molar-refractivity contribution in [3.8, 4) is 0 Å². The van der Waals surface area contributed by atoms with Crippen LogP contribution in [0.15, 0.2) is 60.7 Å². The van der Waals surface area contributed by atoms with E-state index < -0.39 is 12.0 Å². The Morgan fingerprint density at radius 1 is 0.895 bits per heavy atom. The molecule has 3 aromatic rings. The number of aromatic nitrogens is 1. The fourth-order valence-corrected chi connectivity index (χ4v) is 4.42. The van der Waals surface area contributed by atoms with Crippen molar-refractivity contribution in [2.45, 2.75) is 77.9 Å². The predicted molar refractivity (Wildman–Crippen MR) is 151 cm³/mol. The summed E-state index contributed by atoms with van der Waals surface area (Å²) >= 11 is 0. The number of amides is 2. The molecule has 0 saturated heterocycles. The Hall–Kier alpha value is -3.61. The standard InChI is InChI=1S/C31H41N3O4/c1-3-5-12-20-34(21-13-6-4-2)31(37)27(18-19-29(35)38-23-24-14-8-7-9-15-24)33-30(36)28-22-25-16-10-11-17-26(25)32-28/h7-11,14-17,22,27,32H,3-6,12-13,18-21,23H2,1-2H3,(H,33,36)/t27-/m0/s1. The summed E-state index contributed by atoms with van der Waals surface area (Å²) in [5.74, 6) is -0.896. The minimum atomic E-state index is -0.818. The smallest absolute Gasteiger partial charge is 0.306 e. The summed E-state index contributed by atoms with van der Waals surface area (Å²) in [4.78, 5) is 44.4. The molecule has 0 aliphatic rings. The van der Waals surface area contributed by atoms with Gasteiger partial charge in [0, 0.05) is 30.4 Å². The molecule has 0 spiro atoms. The molecule has 0 aliphatic carbocycles. The minimum absolute atomic E-state index is 0.0357. The Kier molecular flexibility index (Phi) is 11.9. The number of hydrogen-bond acceptors (Lipinski definition) is 4. The van der Waals surface area contributed by atoms with Crippen LogP contribution in [0.5, 0.6) is 0 Å². The van der Waals surface area contributed by atoms with E-state index in [0.29, 0.717) is 18.8 Å². The molecule has 0 bridgehead atoms. The van der Waals surface area contributed by atoms with Crippen LogP contribution < -0.4 is 5.32 Å². The Morgan fingerprint density at radius 2 is 1.55 bits per heavy atom. The van der Waals surface area contributed by atoms with Crippen molar-refractivity contribution in [2.24, 2.45) is 0 Å². The van der Waals surface area contributed by atoms with Crippen LogP contribution in [0.25, 0.3) is 10.9 Å². The third-order valence-corrected chi connectivity index (χ3v) is 6.63. The highest BCUT2D eigenvalue weighted by molar-refractivity contribution is 6.00. The normalized spacial score (nSPS) is 11.7. The molecular weight excluding hydrogens is 478 g/mol. The fourth-order valence-electron chi connectivity index (χ4n) is 4.42. The molecule has 38 heavy (non-hydrogen) atoms. The lowest BCUT2D eigenvalue weighted by Gasteiger charge is -2.28. The molecule has 1 atom stereocenters. The number of unbranched alkanes of at least 4 members (excludes halogenated alkanes) is 4. The topological polar surface area (TPSA) is 91.5 Å². The van der Waals surface area contributed by atoms with E-state index in [1.165, 1.54) is 0 Å². The van der Waals surface area contributed by atoms with E-state index in [9.17, 15) is 14.4 Å². The summed E-state index contributed by atoms with van der Waals surface area (Å²) in [5, 5.41) is 3.84. The molecule has 7 heteroatoms. The van der Waals surface area contributed by atoms with Gasteiger partial charge in [0.25, 0.3) is 5.91 Å². The number of fused-ring (bicyclic) bond motifs is 1. The van der Waals surface area contributed by atoms with Crippen LogP contribution in [0.3, 0.4) is 0 Å². The van der Waals surface area contributed by atoms with Crippen molar-refractivity contribution >= 4 is 28.7 Å². The first kappa shape index (κ1) is 29.0. The van der Waals surface area contributed by atoms with E-state index in [2.05, 4.69) is 24.1 Å². The lowest BCUT2D eigenvalue weighted by atomic mass is 10.1. The molecule has 0 unspecified atom stereocenters. The predicted octanol–water partition coefficient (Wildman–Crippen LogP) is 6.00. The summed E-state index contributed by atoms with van der Waals surface area (Å²) in [6, 6.07) is 18.1. The number of carbonyl (C=O) groups excluding carboxylic acids is 3. The average Bonchev–Trinajstić information content (AvgIpc) is 3.38. The van der Waals surface area contributed by atoms with Gasteiger partial charge in [-0.25, -0.2) is 0 Å². The number of hydrogen-bond donors (Lipinski definition) is 2. The van der Waals surface area contributed by atoms with Crippen molar-refractivity contribution in [1.82, 2.24) is 15.2 Å². The summed E-state index contributed by atoms with van der Waals surface area (Å²) in [6.07, 6.45) is 6.23. The number of rotatable bonds is 16. The van der Waals surface area contributed by atoms with E-state index in [1.54, 1.807) is 6.07 Å². The van der Waals surface area contributed by atoms with Gasteiger partial charge in [-0.2, -0.15) is 0 Å². The number of esters is 1. The summed E-state index contributed by atoms with van der Waals surface area (Å²) < 4.78 is 5.42. The molecule has 7 nitrogen and oxygen atoms in total. The van der Waals surface area contributed by atoms with E-state index in [-0.39, 0.29) is 31.3 Å². The van der Waals surface area contributed by atoms with Crippen molar-refractivity contribution in [2.75, 3.05) is 13.1 Å². The number of para-hydroxylation sites is 1. The summed E-state index contributed by atoms with van der Waals surface area (Å²) in [7, 11) is 0. The molecule has 2 aromatic carbocycles. The van der Waals surface area contributed by atoms with E-state index in [4.69, 9.17) is 4.74 Å². The van der Waals surface area contributed by atoms with Gasteiger partial charge in [-0.1, -0.05) is 88.1 Å². The zero-order valence-corrected chi connectivity index (χ0v) is 22.7. The molecule has 0 aliphatic heterocycles. The quantitative estimate of drug-likeness (QED) is 0.179. The molecule has 2 amide bonds. The largest absolute Gasteiger partial charge is 0.461 e. The van der Waals surface area contributed by atoms with Gasteiger partial charge in [-0.3, -0.25) is 14.4 Å². The molecule has 2 N–H and O–H groups in total. The van der Waals surface area contributed by atoms with Gasteiger partial charge in [0.2, 0.25) is 5.91 Å². The zero-order chi connectivity index (χ0) is 27.2. The number of H-pyrrole nitrogens is 1. The van der Waals surface area contributed by atoms with Crippen molar-refractivity contribution in [3.05, 3.63) is 71.9 Å². The summed E-state index contributed by atoms with van der Waals surface area (Å²) in [5.41, 5.74) is 2.14. The molecule has 204 valence electrons. The van der Waals surface area contributed by atoms with Gasteiger partial charge in [-0.15, -0.1) is 0 Å². The van der Waals surface area contributed by atoms with Crippen LogP contribution in [-0.2, 0) is 20.9 Å². The third-order valence-electron chi connectivity index (χ3n) is 6.63. The maximum Gasteiger partial charge on any atom is 0.306 e. The molecule has 3 rings (SSSR count). The maximum atomic E-state index is 13.7. The highest BCUT2D eigenvalue weighted by Gasteiger charge is 2.27. The van der Waals surface area contributed by atoms with E-state index in [0.717, 1.165) is 55.0 Å². The second kappa shape index (κ2) is 15.6.